The largest absolute Gasteiger partial charge is 0.383 e. The van der Waals surface area contributed by atoms with Crippen LogP contribution in [0.15, 0.2) is 0 Å². The van der Waals surface area contributed by atoms with Gasteiger partial charge in [0.2, 0.25) is 5.91 Å². The van der Waals surface area contributed by atoms with E-state index in [0.29, 0.717) is 32.9 Å². The molecule has 0 spiro atoms. The maximum atomic E-state index is 11.3. The molecule has 5 nitrogen and oxygen atoms in total. The van der Waals surface area contributed by atoms with Crippen molar-refractivity contribution in [1.82, 2.24) is 10.6 Å². The quantitative estimate of drug-likeness (QED) is 0.525. The van der Waals surface area contributed by atoms with Crippen molar-refractivity contribution in [2.24, 2.45) is 0 Å². The Bertz CT molecular complexity index is 165. The van der Waals surface area contributed by atoms with Gasteiger partial charge in [-0.2, -0.15) is 0 Å². The van der Waals surface area contributed by atoms with Gasteiger partial charge in [0.15, 0.2) is 0 Å². The molecule has 0 aromatic carbocycles. The lowest BCUT2D eigenvalue weighted by atomic mass is 10.3. The fourth-order valence-corrected chi connectivity index (χ4v) is 1.04. The van der Waals surface area contributed by atoms with Gasteiger partial charge in [-0.15, -0.1) is 0 Å². The Morgan fingerprint density at radius 1 is 1.47 bits per heavy atom. The van der Waals surface area contributed by atoms with Crippen molar-refractivity contribution < 1.29 is 14.3 Å². The molecule has 2 N–H and O–H groups in total. The fraction of sp³-hybridized carbons (Fsp3) is 0.900. The van der Waals surface area contributed by atoms with Gasteiger partial charge in [-0.1, -0.05) is 0 Å². The summed E-state index contributed by atoms with van der Waals surface area (Å²) in [6, 6.07) is 0.0571. The summed E-state index contributed by atoms with van der Waals surface area (Å²) in [6.07, 6.45) is 0. The minimum atomic E-state index is -0.0155. The van der Waals surface area contributed by atoms with Crippen LogP contribution in [0.25, 0.3) is 0 Å². The van der Waals surface area contributed by atoms with Gasteiger partial charge in [-0.3, -0.25) is 4.79 Å². The zero-order valence-corrected chi connectivity index (χ0v) is 9.84. The van der Waals surface area contributed by atoms with Crippen molar-refractivity contribution in [2.45, 2.75) is 19.9 Å². The molecule has 0 radical (unpaired) electrons. The number of rotatable bonds is 9. The topological polar surface area (TPSA) is 59.6 Å². The van der Waals surface area contributed by atoms with E-state index in [2.05, 4.69) is 10.6 Å². The number of methoxy groups -OCH3 is 1. The first-order valence-electron chi connectivity index (χ1n) is 5.27. The summed E-state index contributed by atoms with van der Waals surface area (Å²) in [4.78, 5) is 11.3. The number of nitrogens with one attached hydrogen (secondary N) is 2. The molecule has 0 aromatic heterocycles. The molecule has 0 bridgehead atoms. The zero-order chi connectivity index (χ0) is 11.5. The Balaban J connectivity index is 3.38. The fourth-order valence-electron chi connectivity index (χ4n) is 1.04. The average Bonchev–Trinajstić information content (AvgIpc) is 2.21. The highest BCUT2D eigenvalue weighted by Crippen LogP contribution is 1.83. The van der Waals surface area contributed by atoms with Crippen molar-refractivity contribution in [3.8, 4) is 0 Å². The van der Waals surface area contributed by atoms with Crippen molar-refractivity contribution >= 4 is 5.91 Å². The van der Waals surface area contributed by atoms with Gasteiger partial charge in [0.05, 0.1) is 19.8 Å². The highest BCUT2D eigenvalue weighted by molar-refractivity contribution is 5.78. The summed E-state index contributed by atoms with van der Waals surface area (Å²) in [5.41, 5.74) is 0. The first-order chi connectivity index (χ1) is 7.20. The van der Waals surface area contributed by atoms with Gasteiger partial charge < -0.3 is 20.1 Å². The Morgan fingerprint density at radius 3 is 2.80 bits per heavy atom. The maximum absolute atomic E-state index is 11.3. The molecule has 0 aliphatic rings. The summed E-state index contributed by atoms with van der Waals surface area (Å²) in [5.74, 6) is -0.0155. The van der Waals surface area contributed by atoms with E-state index in [1.165, 1.54) is 0 Å². The molecule has 1 unspecified atom stereocenters. The van der Waals surface area contributed by atoms with Gasteiger partial charge in [-0.25, -0.2) is 0 Å². The first-order valence-corrected chi connectivity index (χ1v) is 5.27. The number of carbonyl (C=O) groups is 1. The second kappa shape index (κ2) is 9.89. The van der Waals surface area contributed by atoms with E-state index in [-0.39, 0.29) is 11.9 Å². The van der Waals surface area contributed by atoms with E-state index in [4.69, 9.17) is 9.47 Å². The zero-order valence-electron chi connectivity index (χ0n) is 9.84. The Labute approximate surface area is 91.5 Å². The lowest BCUT2D eigenvalue weighted by Gasteiger charge is -2.13. The predicted octanol–water partition coefficient (Wildman–Crippen LogP) is -0.236. The van der Waals surface area contributed by atoms with Crippen LogP contribution in [-0.2, 0) is 14.3 Å². The average molecular weight is 218 g/mol. The SMILES string of the molecule is CCOCC(C)NC(=O)CNCCOC. The highest BCUT2D eigenvalue weighted by atomic mass is 16.5. The molecule has 0 fully saturated rings. The molecule has 5 heteroatoms. The highest BCUT2D eigenvalue weighted by Gasteiger charge is 2.05. The van der Waals surface area contributed by atoms with Gasteiger partial charge in [-0.05, 0) is 13.8 Å². The van der Waals surface area contributed by atoms with Crippen molar-refractivity contribution in [3.63, 3.8) is 0 Å². The summed E-state index contributed by atoms with van der Waals surface area (Å²) < 4.78 is 10.0. The molecule has 1 atom stereocenters. The normalized spacial score (nSPS) is 12.5. The summed E-state index contributed by atoms with van der Waals surface area (Å²) in [6.45, 7) is 6.70. The summed E-state index contributed by atoms with van der Waals surface area (Å²) >= 11 is 0. The molecule has 0 aliphatic heterocycles. The van der Waals surface area contributed by atoms with Crippen molar-refractivity contribution in [2.75, 3.05) is 40.0 Å². The smallest absolute Gasteiger partial charge is 0.234 e. The molecule has 90 valence electrons. The minimum absolute atomic E-state index is 0.0155. The van der Waals surface area contributed by atoms with E-state index < -0.39 is 0 Å². The van der Waals surface area contributed by atoms with E-state index in [9.17, 15) is 4.79 Å². The van der Waals surface area contributed by atoms with Gasteiger partial charge in [0.25, 0.3) is 0 Å². The van der Waals surface area contributed by atoms with E-state index in [0.717, 1.165) is 0 Å². The molecule has 15 heavy (non-hydrogen) atoms. The summed E-state index contributed by atoms with van der Waals surface area (Å²) in [5, 5.41) is 5.79. The molecule has 0 aliphatic carbocycles. The third-order valence-corrected chi connectivity index (χ3v) is 1.75. The molecule has 1 amide bonds. The molecule has 0 saturated carbocycles. The van der Waals surface area contributed by atoms with Crippen LogP contribution in [-0.4, -0.2) is 52.0 Å². The van der Waals surface area contributed by atoms with Crippen LogP contribution in [0.3, 0.4) is 0 Å². The third kappa shape index (κ3) is 9.65. The van der Waals surface area contributed by atoms with Gasteiger partial charge in [0.1, 0.15) is 0 Å². The number of hydrogen-bond acceptors (Lipinski definition) is 4. The minimum Gasteiger partial charge on any atom is -0.383 e. The predicted molar refractivity (Wildman–Crippen MR) is 58.8 cm³/mol. The number of hydrogen-bond donors (Lipinski definition) is 2. The standard InChI is InChI=1S/C10H22N2O3/c1-4-15-8-9(2)12-10(13)7-11-5-6-14-3/h9,11H,4-8H2,1-3H3,(H,12,13). The van der Waals surface area contributed by atoms with Crippen molar-refractivity contribution in [1.29, 1.82) is 0 Å². The maximum Gasteiger partial charge on any atom is 0.234 e. The Hall–Kier alpha value is -0.650. The number of ether oxygens (including phenoxy) is 2. The summed E-state index contributed by atoms with van der Waals surface area (Å²) in [7, 11) is 1.63. The Morgan fingerprint density at radius 2 is 2.20 bits per heavy atom. The third-order valence-electron chi connectivity index (χ3n) is 1.75. The van der Waals surface area contributed by atoms with Gasteiger partial charge >= 0.3 is 0 Å². The van der Waals surface area contributed by atoms with Crippen molar-refractivity contribution in [3.05, 3.63) is 0 Å². The van der Waals surface area contributed by atoms with Crippen LogP contribution < -0.4 is 10.6 Å². The molecular formula is C10H22N2O3. The van der Waals surface area contributed by atoms with E-state index in [1.807, 2.05) is 13.8 Å². The molecular weight excluding hydrogens is 196 g/mol. The molecule has 0 aromatic rings. The van der Waals surface area contributed by atoms with Crippen LogP contribution in [0.2, 0.25) is 0 Å². The molecule has 0 rings (SSSR count). The van der Waals surface area contributed by atoms with Crippen LogP contribution in [0.5, 0.6) is 0 Å². The monoisotopic (exact) mass is 218 g/mol. The Kier molecular flexibility index (Phi) is 9.46. The lowest BCUT2D eigenvalue weighted by molar-refractivity contribution is -0.121. The van der Waals surface area contributed by atoms with Crippen LogP contribution in [0.4, 0.5) is 0 Å². The second-order valence-corrected chi connectivity index (χ2v) is 3.30. The lowest BCUT2D eigenvalue weighted by Crippen LogP contribution is -2.41. The molecule has 0 saturated heterocycles. The van der Waals surface area contributed by atoms with Crippen LogP contribution in [0, 0.1) is 0 Å². The second-order valence-electron chi connectivity index (χ2n) is 3.30. The molecule has 0 heterocycles. The van der Waals surface area contributed by atoms with Crippen LogP contribution in [0.1, 0.15) is 13.8 Å². The van der Waals surface area contributed by atoms with Gasteiger partial charge in [0, 0.05) is 26.3 Å². The number of amides is 1. The number of carbonyl (C=O) groups excluding carboxylic acids is 1. The first kappa shape index (κ1) is 14.3. The van der Waals surface area contributed by atoms with Crippen LogP contribution >= 0.6 is 0 Å². The van der Waals surface area contributed by atoms with E-state index in [1.54, 1.807) is 7.11 Å². The van der Waals surface area contributed by atoms with E-state index >= 15 is 0 Å².